The summed E-state index contributed by atoms with van der Waals surface area (Å²) in [6, 6.07) is 4.52. The fraction of sp³-hybridized carbons (Fsp3) is 0.533. The molecule has 0 aromatic carbocycles. The Morgan fingerprint density at radius 1 is 1.41 bits per heavy atom. The molecule has 1 aromatic heterocycles. The van der Waals surface area contributed by atoms with Gasteiger partial charge in [0.15, 0.2) is 0 Å². The van der Waals surface area contributed by atoms with Crippen molar-refractivity contribution < 1.29 is 19.4 Å². The van der Waals surface area contributed by atoms with E-state index in [-0.39, 0.29) is 5.97 Å². The van der Waals surface area contributed by atoms with Crippen LogP contribution in [0.5, 0.6) is 0 Å². The minimum absolute atomic E-state index is 0.331. The molecule has 7 nitrogen and oxygen atoms in total. The number of carbonyl (C=O) groups excluding carboxylic acids is 1. The highest BCUT2D eigenvalue weighted by molar-refractivity contribution is 5.75. The predicted octanol–water partition coefficient (Wildman–Crippen LogP) is 0.508. The van der Waals surface area contributed by atoms with Crippen LogP contribution in [0.15, 0.2) is 24.4 Å². The van der Waals surface area contributed by atoms with Gasteiger partial charge in [0.2, 0.25) is 0 Å². The quantitative estimate of drug-likeness (QED) is 0.642. The number of aromatic nitrogens is 1. The van der Waals surface area contributed by atoms with E-state index >= 15 is 0 Å². The summed E-state index contributed by atoms with van der Waals surface area (Å²) in [6.45, 7) is 4.77. The first kappa shape index (κ1) is 18.1. The zero-order valence-corrected chi connectivity index (χ0v) is 13.2. The molecule has 22 heavy (non-hydrogen) atoms. The van der Waals surface area contributed by atoms with Gasteiger partial charge >= 0.3 is 11.9 Å². The highest BCUT2D eigenvalue weighted by atomic mass is 16.5. The average molecular weight is 309 g/mol. The molecule has 7 heteroatoms. The van der Waals surface area contributed by atoms with Crippen molar-refractivity contribution >= 4 is 11.9 Å². The number of carboxylic acids is 1. The number of pyridine rings is 1. The Bertz CT molecular complexity index is 481. The van der Waals surface area contributed by atoms with E-state index in [1.54, 1.807) is 20.0 Å². The second kappa shape index (κ2) is 9.11. The van der Waals surface area contributed by atoms with Crippen LogP contribution in [0.3, 0.4) is 0 Å². The van der Waals surface area contributed by atoms with E-state index in [0.29, 0.717) is 19.6 Å². The van der Waals surface area contributed by atoms with Crippen molar-refractivity contribution in [1.82, 2.24) is 15.2 Å². The van der Waals surface area contributed by atoms with Gasteiger partial charge in [-0.1, -0.05) is 6.07 Å². The van der Waals surface area contributed by atoms with Crippen molar-refractivity contribution in [3.63, 3.8) is 0 Å². The Balaban J connectivity index is 2.65. The number of carboxylic acid groups (broad SMARTS) is 1. The van der Waals surface area contributed by atoms with Gasteiger partial charge in [0.05, 0.1) is 12.8 Å². The zero-order valence-electron chi connectivity index (χ0n) is 13.2. The Morgan fingerprint density at radius 2 is 2.14 bits per heavy atom. The molecule has 0 saturated carbocycles. The number of nitrogens with one attached hydrogen (secondary N) is 1. The molecule has 0 fully saturated rings. The molecule has 122 valence electrons. The van der Waals surface area contributed by atoms with Gasteiger partial charge in [-0.25, -0.2) is 0 Å². The van der Waals surface area contributed by atoms with Gasteiger partial charge in [0.25, 0.3) is 0 Å². The number of methoxy groups -OCH3 is 1. The fourth-order valence-electron chi connectivity index (χ4n) is 1.94. The van der Waals surface area contributed by atoms with Crippen molar-refractivity contribution in [2.75, 3.05) is 20.2 Å². The molecule has 1 rings (SSSR count). The molecule has 0 unspecified atom stereocenters. The van der Waals surface area contributed by atoms with Crippen LogP contribution < -0.4 is 5.32 Å². The first-order valence-electron chi connectivity index (χ1n) is 7.13. The summed E-state index contributed by atoms with van der Waals surface area (Å²) in [6.07, 6.45) is 1.70. The first-order chi connectivity index (χ1) is 10.5. The van der Waals surface area contributed by atoms with Crippen molar-refractivity contribution in [1.29, 1.82) is 0 Å². The topological polar surface area (TPSA) is 91.8 Å². The van der Waals surface area contributed by atoms with Crippen molar-refractivity contribution in [2.24, 2.45) is 0 Å². The maximum absolute atomic E-state index is 11.7. The maximum atomic E-state index is 11.7. The van der Waals surface area contributed by atoms with Crippen LogP contribution in [-0.2, 0) is 20.9 Å². The lowest BCUT2D eigenvalue weighted by Gasteiger charge is -2.27. The summed E-state index contributed by atoms with van der Waals surface area (Å²) in [5.74, 6) is -1.24. The Hall–Kier alpha value is -1.99. The van der Waals surface area contributed by atoms with E-state index in [1.807, 2.05) is 23.1 Å². The highest BCUT2D eigenvalue weighted by Gasteiger charge is 2.22. The van der Waals surface area contributed by atoms with Crippen LogP contribution in [0.25, 0.3) is 0 Å². The van der Waals surface area contributed by atoms with Crippen LogP contribution in [-0.4, -0.2) is 59.2 Å². The maximum Gasteiger partial charge on any atom is 0.322 e. The lowest BCUT2D eigenvalue weighted by Crippen LogP contribution is -2.45. The monoisotopic (exact) mass is 309 g/mol. The molecule has 0 aliphatic carbocycles. The summed E-state index contributed by atoms with van der Waals surface area (Å²) < 4.78 is 4.78. The van der Waals surface area contributed by atoms with Gasteiger partial charge in [-0.15, -0.1) is 0 Å². The van der Waals surface area contributed by atoms with E-state index in [2.05, 4.69) is 10.3 Å². The van der Waals surface area contributed by atoms with Crippen LogP contribution in [0.1, 0.15) is 19.5 Å². The lowest BCUT2D eigenvalue weighted by atomic mass is 10.2. The lowest BCUT2D eigenvalue weighted by molar-refractivity contribution is -0.146. The van der Waals surface area contributed by atoms with E-state index in [9.17, 15) is 9.59 Å². The summed E-state index contributed by atoms with van der Waals surface area (Å²) in [4.78, 5) is 28.7. The van der Waals surface area contributed by atoms with E-state index in [0.717, 1.165) is 5.69 Å². The molecule has 0 aliphatic heterocycles. The number of rotatable bonds is 9. The van der Waals surface area contributed by atoms with Crippen molar-refractivity contribution in [3.8, 4) is 0 Å². The minimum Gasteiger partial charge on any atom is -0.480 e. The number of ether oxygens (including phenoxy) is 1. The minimum atomic E-state index is -0.905. The second-order valence-electron chi connectivity index (χ2n) is 5.00. The highest BCUT2D eigenvalue weighted by Crippen LogP contribution is 2.07. The van der Waals surface area contributed by atoms with Gasteiger partial charge in [-0.3, -0.25) is 19.5 Å². The number of aliphatic carboxylic acids is 1. The second-order valence-corrected chi connectivity index (χ2v) is 5.00. The van der Waals surface area contributed by atoms with Crippen LogP contribution in [0.4, 0.5) is 0 Å². The van der Waals surface area contributed by atoms with Gasteiger partial charge in [0.1, 0.15) is 12.1 Å². The number of hydrogen-bond donors (Lipinski definition) is 2. The first-order valence-corrected chi connectivity index (χ1v) is 7.13. The Morgan fingerprint density at radius 3 is 2.68 bits per heavy atom. The molecular weight excluding hydrogens is 286 g/mol. The number of carbonyl (C=O) groups is 2. The van der Waals surface area contributed by atoms with E-state index < -0.39 is 18.1 Å². The molecule has 1 heterocycles. The van der Waals surface area contributed by atoms with Gasteiger partial charge < -0.3 is 15.2 Å². The Kier molecular flexibility index (Phi) is 7.48. The van der Waals surface area contributed by atoms with E-state index in [1.165, 1.54) is 7.11 Å². The summed E-state index contributed by atoms with van der Waals surface area (Å²) in [5, 5.41) is 11.8. The molecule has 0 spiro atoms. The molecule has 0 aliphatic rings. The van der Waals surface area contributed by atoms with Crippen molar-refractivity contribution in [2.45, 2.75) is 32.5 Å². The largest absolute Gasteiger partial charge is 0.480 e. The third-order valence-electron chi connectivity index (χ3n) is 3.40. The molecule has 0 saturated heterocycles. The SMILES string of the molecule is COC(=O)[C@H](C)N(CCN[C@@H](C)C(=O)O)Cc1ccccn1. The third-order valence-corrected chi connectivity index (χ3v) is 3.40. The standard InChI is InChI=1S/C15H23N3O4/c1-11(14(19)20)16-8-9-18(12(2)15(21)22-3)10-13-6-4-5-7-17-13/h4-7,11-12,16H,8-10H2,1-3H3,(H,19,20)/t11-,12-/m0/s1. The Labute approximate surface area is 130 Å². The molecule has 2 atom stereocenters. The van der Waals surface area contributed by atoms with Crippen molar-refractivity contribution in [3.05, 3.63) is 30.1 Å². The zero-order chi connectivity index (χ0) is 16.5. The summed E-state index contributed by atoms with van der Waals surface area (Å²) >= 11 is 0. The normalized spacial score (nSPS) is 13.6. The average Bonchev–Trinajstić information content (AvgIpc) is 2.53. The molecule has 0 radical (unpaired) electrons. The number of nitrogens with zero attached hydrogens (tertiary/aromatic N) is 2. The van der Waals surface area contributed by atoms with Crippen LogP contribution in [0.2, 0.25) is 0 Å². The van der Waals surface area contributed by atoms with Crippen LogP contribution >= 0.6 is 0 Å². The number of hydrogen-bond acceptors (Lipinski definition) is 6. The van der Waals surface area contributed by atoms with E-state index in [4.69, 9.17) is 9.84 Å². The molecule has 1 aromatic rings. The van der Waals surface area contributed by atoms with Crippen LogP contribution in [0, 0.1) is 0 Å². The summed E-state index contributed by atoms with van der Waals surface area (Å²) in [7, 11) is 1.35. The van der Waals surface area contributed by atoms with Gasteiger partial charge in [-0.05, 0) is 26.0 Å². The summed E-state index contributed by atoms with van der Waals surface area (Å²) in [5.41, 5.74) is 0.838. The number of esters is 1. The smallest absolute Gasteiger partial charge is 0.322 e. The van der Waals surface area contributed by atoms with Gasteiger partial charge in [-0.2, -0.15) is 0 Å². The fourth-order valence-corrected chi connectivity index (χ4v) is 1.94. The molecule has 2 N–H and O–H groups in total. The van der Waals surface area contributed by atoms with Gasteiger partial charge in [0, 0.05) is 25.8 Å². The third kappa shape index (κ3) is 5.79. The molecule has 0 bridgehead atoms. The molecular formula is C15H23N3O4. The predicted molar refractivity (Wildman–Crippen MR) is 81.2 cm³/mol. The molecule has 0 amide bonds.